The number of carbonyl (C=O) groups is 1. The zero-order valence-electron chi connectivity index (χ0n) is 20.1. The molecule has 4 unspecified atom stereocenters. The van der Waals surface area contributed by atoms with Crippen molar-refractivity contribution in [2.75, 3.05) is 13.7 Å². The number of nitrogens with one attached hydrogen (secondary N) is 2. The number of ether oxygens (including phenoxy) is 2. The lowest BCUT2D eigenvalue weighted by Crippen LogP contribution is -2.41. The second-order valence-electron chi connectivity index (χ2n) is 9.49. The largest absolute Gasteiger partial charge is 0.508 e. The summed E-state index contributed by atoms with van der Waals surface area (Å²) in [4.78, 5) is 15.5. The second-order valence-corrected chi connectivity index (χ2v) is 9.49. The first-order valence-corrected chi connectivity index (χ1v) is 11.9. The van der Waals surface area contributed by atoms with Crippen molar-refractivity contribution in [2.45, 2.75) is 38.5 Å². The van der Waals surface area contributed by atoms with Crippen LogP contribution in [0.1, 0.15) is 42.8 Å². The van der Waals surface area contributed by atoms with Crippen molar-refractivity contribution in [3.63, 3.8) is 0 Å². The minimum Gasteiger partial charge on any atom is -0.508 e. The van der Waals surface area contributed by atoms with E-state index >= 15 is 0 Å². The third-order valence-electron chi connectivity index (χ3n) is 6.69. The smallest absolute Gasteiger partial charge is 0.242 e. The van der Waals surface area contributed by atoms with Gasteiger partial charge in [0.1, 0.15) is 17.6 Å². The van der Waals surface area contributed by atoms with Crippen molar-refractivity contribution in [3.8, 4) is 17.2 Å². The monoisotopic (exact) mass is 477 g/mol. The number of para-hydroxylation sites is 1. The number of hydrazine groups is 1. The van der Waals surface area contributed by atoms with Gasteiger partial charge in [-0.15, -0.1) is 0 Å². The number of likely N-dealkylation sites (tertiary alicyclic amines) is 1. The number of aromatic hydroxyl groups is 1. The molecule has 8 heteroatoms. The lowest BCUT2D eigenvalue weighted by molar-refractivity contribution is -0.131. The quantitative estimate of drug-likeness (QED) is 0.452. The molecular weight excluding hydrogens is 446 g/mol. The van der Waals surface area contributed by atoms with E-state index in [4.69, 9.17) is 13.9 Å². The van der Waals surface area contributed by atoms with E-state index in [2.05, 4.69) is 24.7 Å². The molecule has 0 aliphatic carbocycles. The first-order chi connectivity index (χ1) is 17.0. The predicted molar refractivity (Wildman–Crippen MR) is 130 cm³/mol. The zero-order valence-corrected chi connectivity index (χ0v) is 20.1. The molecule has 1 amide bonds. The highest BCUT2D eigenvalue weighted by Gasteiger charge is 2.56. The topological polar surface area (TPSA) is 96.2 Å². The number of nitrogens with zero attached hydrogens (tertiary/aromatic N) is 1. The zero-order chi connectivity index (χ0) is 24.5. The Kier molecular flexibility index (Phi) is 6.40. The number of amides is 1. The molecule has 3 aromatic rings. The van der Waals surface area contributed by atoms with Crippen LogP contribution >= 0.6 is 0 Å². The minimum absolute atomic E-state index is 0.0269. The van der Waals surface area contributed by atoms with Crippen LogP contribution in [0.4, 0.5) is 0 Å². The van der Waals surface area contributed by atoms with E-state index in [9.17, 15) is 9.90 Å². The minimum atomic E-state index is -0.456. The lowest BCUT2D eigenvalue weighted by atomic mass is 9.83. The summed E-state index contributed by atoms with van der Waals surface area (Å²) in [5.74, 6) is 2.36. The van der Waals surface area contributed by atoms with Crippen LogP contribution in [0.25, 0.3) is 0 Å². The van der Waals surface area contributed by atoms with E-state index in [1.807, 2.05) is 47.4 Å². The van der Waals surface area contributed by atoms with Gasteiger partial charge in [0.25, 0.3) is 0 Å². The Bertz CT molecular complexity index is 1180. The van der Waals surface area contributed by atoms with Crippen molar-refractivity contribution < 1.29 is 23.8 Å². The fourth-order valence-electron chi connectivity index (χ4n) is 5.11. The number of furan rings is 1. The van der Waals surface area contributed by atoms with E-state index in [-0.39, 0.29) is 29.7 Å². The number of benzene rings is 2. The van der Waals surface area contributed by atoms with E-state index in [0.29, 0.717) is 36.3 Å². The molecular formula is C27H31N3O5. The van der Waals surface area contributed by atoms with Crippen LogP contribution in [0, 0.1) is 11.8 Å². The fourth-order valence-corrected chi connectivity index (χ4v) is 5.11. The van der Waals surface area contributed by atoms with Gasteiger partial charge in [0, 0.05) is 11.5 Å². The van der Waals surface area contributed by atoms with Crippen LogP contribution in [0.5, 0.6) is 17.2 Å². The molecule has 2 aliphatic heterocycles. The molecule has 5 rings (SSSR count). The Hall–Kier alpha value is -3.49. The molecule has 3 heterocycles. The van der Waals surface area contributed by atoms with E-state index in [0.717, 1.165) is 11.1 Å². The molecule has 4 atom stereocenters. The molecule has 1 aromatic heterocycles. The van der Waals surface area contributed by atoms with Crippen molar-refractivity contribution >= 4 is 5.91 Å². The number of carbonyl (C=O) groups excluding carboxylic acids is 1. The van der Waals surface area contributed by atoms with E-state index < -0.39 is 6.04 Å². The van der Waals surface area contributed by atoms with Crippen molar-refractivity contribution in [3.05, 3.63) is 77.7 Å². The van der Waals surface area contributed by atoms with Gasteiger partial charge >= 0.3 is 0 Å². The molecule has 0 bridgehead atoms. The molecule has 0 saturated carbocycles. The summed E-state index contributed by atoms with van der Waals surface area (Å²) in [7, 11) is 1.62. The average Bonchev–Trinajstić information content (AvgIpc) is 3.58. The number of rotatable bonds is 8. The van der Waals surface area contributed by atoms with Crippen LogP contribution in [-0.2, 0) is 11.3 Å². The summed E-state index contributed by atoms with van der Waals surface area (Å²) in [6, 6.07) is 15.7. The Morgan fingerprint density at radius 3 is 2.57 bits per heavy atom. The number of methoxy groups -OCH3 is 1. The highest BCUT2D eigenvalue weighted by molar-refractivity contribution is 5.86. The van der Waals surface area contributed by atoms with Crippen LogP contribution < -0.4 is 20.3 Å². The standard InChI is InChI=1S/C27H31N3O5/c1-16(2)15-35-21-11-10-17(13-22(21)33-3)26-23-24(19-8-4-5-9-20(19)31)28-29-25(23)27(32)30(26)14-18-7-6-12-34-18/h4-13,16,23-26,28-29,31H,14-15H2,1-3H3. The maximum atomic E-state index is 13.6. The maximum Gasteiger partial charge on any atom is 0.242 e. The summed E-state index contributed by atoms with van der Waals surface area (Å²) < 4.78 is 17.2. The third kappa shape index (κ3) is 4.35. The number of fused-ring (bicyclic) bond motifs is 1. The van der Waals surface area contributed by atoms with Gasteiger partial charge in [-0.1, -0.05) is 38.1 Å². The summed E-state index contributed by atoms with van der Waals surface area (Å²) >= 11 is 0. The van der Waals surface area contributed by atoms with Gasteiger partial charge in [-0.3, -0.25) is 4.79 Å². The number of hydrogen-bond donors (Lipinski definition) is 3. The Labute approximate surface area is 204 Å². The van der Waals surface area contributed by atoms with Gasteiger partial charge < -0.3 is 23.9 Å². The molecule has 3 N–H and O–H groups in total. The Balaban J connectivity index is 1.56. The molecule has 8 nitrogen and oxygen atoms in total. The Morgan fingerprint density at radius 1 is 1.06 bits per heavy atom. The predicted octanol–water partition coefficient (Wildman–Crippen LogP) is 3.95. The summed E-state index contributed by atoms with van der Waals surface area (Å²) in [5.41, 5.74) is 8.12. The van der Waals surface area contributed by atoms with E-state index in [1.165, 1.54) is 0 Å². The van der Waals surface area contributed by atoms with Gasteiger partial charge in [0.2, 0.25) is 5.91 Å². The van der Waals surface area contributed by atoms with E-state index in [1.54, 1.807) is 25.5 Å². The van der Waals surface area contributed by atoms with Crippen LogP contribution in [-0.4, -0.2) is 35.7 Å². The van der Waals surface area contributed by atoms with Gasteiger partial charge in [0.15, 0.2) is 11.5 Å². The molecule has 184 valence electrons. The summed E-state index contributed by atoms with van der Waals surface area (Å²) in [6.07, 6.45) is 1.61. The molecule has 2 saturated heterocycles. The number of hydrogen-bond acceptors (Lipinski definition) is 7. The summed E-state index contributed by atoms with van der Waals surface area (Å²) in [5, 5.41) is 10.6. The maximum absolute atomic E-state index is 13.6. The first kappa shape index (κ1) is 23.3. The fraction of sp³-hybridized carbons (Fsp3) is 0.370. The number of phenolic OH excluding ortho intramolecular Hbond substituents is 1. The van der Waals surface area contributed by atoms with Crippen LogP contribution in [0.3, 0.4) is 0 Å². The molecule has 35 heavy (non-hydrogen) atoms. The van der Waals surface area contributed by atoms with Crippen molar-refractivity contribution in [1.29, 1.82) is 0 Å². The van der Waals surface area contributed by atoms with Crippen molar-refractivity contribution in [2.24, 2.45) is 11.8 Å². The van der Waals surface area contributed by atoms with Crippen LogP contribution in [0.2, 0.25) is 0 Å². The number of phenols is 1. The van der Waals surface area contributed by atoms with Gasteiger partial charge in [0.05, 0.1) is 38.6 Å². The second kappa shape index (κ2) is 9.64. The molecule has 0 spiro atoms. The third-order valence-corrected chi connectivity index (χ3v) is 6.69. The highest BCUT2D eigenvalue weighted by atomic mass is 16.5. The first-order valence-electron chi connectivity index (χ1n) is 11.9. The molecule has 0 radical (unpaired) electrons. The Morgan fingerprint density at radius 2 is 1.86 bits per heavy atom. The van der Waals surface area contributed by atoms with Crippen molar-refractivity contribution in [1.82, 2.24) is 15.8 Å². The van der Waals surface area contributed by atoms with Crippen LogP contribution in [0.15, 0.2) is 65.3 Å². The SMILES string of the molecule is COc1cc(C2C3C(NNC3c3ccccc3O)C(=O)N2Cc2ccco2)ccc1OCC(C)C. The normalized spacial score (nSPS) is 23.7. The molecule has 2 aliphatic rings. The van der Waals surface area contributed by atoms with Gasteiger partial charge in [-0.25, -0.2) is 10.9 Å². The average molecular weight is 478 g/mol. The summed E-state index contributed by atoms with van der Waals surface area (Å²) in [6.45, 7) is 5.11. The molecule has 2 fully saturated rings. The van der Waals surface area contributed by atoms with Gasteiger partial charge in [-0.05, 0) is 41.8 Å². The lowest BCUT2D eigenvalue weighted by Gasteiger charge is -2.31. The highest BCUT2D eigenvalue weighted by Crippen LogP contribution is 2.50. The molecule has 2 aromatic carbocycles. The van der Waals surface area contributed by atoms with Gasteiger partial charge in [-0.2, -0.15) is 0 Å².